The van der Waals surface area contributed by atoms with Crippen LogP contribution in [0.2, 0.25) is 0 Å². The lowest BCUT2D eigenvalue weighted by Crippen LogP contribution is -2.33. The Bertz CT molecular complexity index is 1170. The number of ether oxygens (including phenoxy) is 2. The molecule has 31 heavy (non-hydrogen) atoms. The summed E-state index contributed by atoms with van der Waals surface area (Å²) in [4.78, 5) is 55.8. The number of rotatable bonds is 6. The Labute approximate surface area is 177 Å². The second kappa shape index (κ2) is 8.77. The minimum atomic E-state index is -1.00. The van der Waals surface area contributed by atoms with E-state index >= 15 is 0 Å². The number of H-pyrrole nitrogens is 1. The predicted molar refractivity (Wildman–Crippen MR) is 111 cm³/mol. The van der Waals surface area contributed by atoms with Crippen molar-refractivity contribution in [2.45, 2.75) is 65.5 Å². The molecule has 0 aromatic carbocycles. The molecular weight excluding hydrogens is 406 g/mol. The van der Waals surface area contributed by atoms with Gasteiger partial charge in [0.05, 0.1) is 12.6 Å². The molecule has 0 saturated carbocycles. The summed E-state index contributed by atoms with van der Waals surface area (Å²) in [5, 5.41) is 2.40. The lowest BCUT2D eigenvalue weighted by Gasteiger charge is -2.20. The quantitative estimate of drug-likeness (QED) is 0.508. The molecule has 1 amide bonds. The van der Waals surface area contributed by atoms with Crippen molar-refractivity contribution >= 4 is 29.0 Å². The van der Waals surface area contributed by atoms with Crippen molar-refractivity contribution in [1.29, 1.82) is 0 Å². The Balaban J connectivity index is 2.24. The number of anilines is 1. The maximum atomic E-state index is 13.3. The molecule has 0 spiro atoms. The summed E-state index contributed by atoms with van der Waals surface area (Å²) in [7, 11) is 0. The zero-order valence-electron chi connectivity index (χ0n) is 17.8. The molecule has 1 aliphatic rings. The van der Waals surface area contributed by atoms with Gasteiger partial charge in [-0.1, -0.05) is 26.2 Å². The van der Waals surface area contributed by atoms with Crippen molar-refractivity contribution in [1.82, 2.24) is 19.1 Å². The van der Waals surface area contributed by atoms with Crippen molar-refractivity contribution in [3.8, 4) is 12.3 Å². The molecule has 4 atom stereocenters. The minimum Gasteiger partial charge on any atom is -0.458 e. The maximum Gasteiger partial charge on any atom is 0.333 e. The summed E-state index contributed by atoms with van der Waals surface area (Å²) >= 11 is 0. The van der Waals surface area contributed by atoms with E-state index in [0.717, 1.165) is 11.0 Å². The van der Waals surface area contributed by atoms with Crippen molar-refractivity contribution in [2.75, 3.05) is 5.32 Å². The zero-order valence-corrected chi connectivity index (χ0v) is 17.8. The predicted octanol–water partition coefficient (Wildman–Crippen LogP) is 0.743. The first-order valence-corrected chi connectivity index (χ1v) is 9.96. The molecule has 0 radical (unpaired) electrons. The van der Waals surface area contributed by atoms with Crippen LogP contribution in [0.1, 0.15) is 46.8 Å². The van der Waals surface area contributed by atoms with E-state index in [2.05, 4.69) is 21.2 Å². The van der Waals surface area contributed by atoms with Crippen LogP contribution in [0, 0.1) is 18.3 Å². The van der Waals surface area contributed by atoms with E-state index in [4.69, 9.17) is 15.9 Å². The van der Waals surface area contributed by atoms with Crippen LogP contribution in [-0.4, -0.2) is 43.2 Å². The Morgan fingerprint density at radius 3 is 2.71 bits per heavy atom. The third-order valence-electron chi connectivity index (χ3n) is 5.30. The van der Waals surface area contributed by atoms with E-state index in [-0.39, 0.29) is 35.7 Å². The first-order chi connectivity index (χ1) is 14.7. The van der Waals surface area contributed by atoms with Crippen LogP contribution in [-0.2, 0) is 25.6 Å². The van der Waals surface area contributed by atoms with Crippen molar-refractivity contribution in [2.24, 2.45) is 5.92 Å². The third kappa shape index (κ3) is 4.25. The Kier molecular flexibility index (Phi) is 6.31. The Hall–Kier alpha value is -3.39. The van der Waals surface area contributed by atoms with Gasteiger partial charge >= 0.3 is 11.7 Å². The smallest absolute Gasteiger partial charge is 0.333 e. The van der Waals surface area contributed by atoms with Gasteiger partial charge in [0, 0.05) is 20.3 Å². The van der Waals surface area contributed by atoms with Crippen LogP contribution in [0.15, 0.2) is 9.59 Å². The molecule has 0 bridgehead atoms. The molecular formula is C20H25N5O6. The molecule has 11 heteroatoms. The van der Waals surface area contributed by atoms with Crippen molar-refractivity contribution in [3.63, 3.8) is 0 Å². The van der Waals surface area contributed by atoms with Gasteiger partial charge in [-0.25, -0.2) is 9.36 Å². The molecule has 3 heterocycles. The van der Waals surface area contributed by atoms with Crippen molar-refractivity contribution < 1.29 is 19.1 Å². The molecule has 2 aromatic heterocycles. The number of terminal acetylenes is 1. The number of aromatic nitrogens is 4. The molecule has 2 aromatic rings. The second-order valence-electron chi connectivity index (χ2n) is 7.54. The van der Waals surface area contributed by atoms with Crippen LogP contribution >= 0.6 is 0 Å². The van der Waals surface area contributed by atoms with Gasteiger partial charge in [-0.05, 0) is 5.92 Å². The minimum absolute atomic E-state index is 0.0281. The summed E-state index contributed by atoms with van der Waals surface area (Å²) in [6, 6.07) is 0. The number of fused-ring (bicyclic) bond motifs is 1. The molecule has 166 valence electrons. The normalized spacial score (nSPS) is 21.6. The van der Waals surface area contributed by atoms with Gasteiger partial charge in [-0.3, -0.25) is 29.3 Å². The van der Waals surface area contributed by atoms with Gasteiger partial charge in [-0.2, -0.15) is 4.98 Å². The van der Waals surface area contributed by atoms with Gasteiger partial charge in [0.1, 0.15) is 6.10 Å². The van der Waals surface area contributed by atoms with Gasteiger partial charge < -0.3 is 9.47 Å². The van der Waals surface area contributed by atoms with E-state index in [1.165, 1.54) is 18.4 Å². The van der Waals surface area contributed by atoms with Crippen LogP contribution in [0.3, 0.4) is 0 Å². The molecule has 1 aliphatic heterocycles. The van der Waals surface area contributed by atoms with E-state index in [1.807, 2.05) is 13.8 Å². The average Bonchev–Trinajstić information content (AvgIpc) is 3.19. The first-order valence-electron chi connectivity index (χ1n) is 9.96. The highest BCUT2D eigenvalue weighted by Crippen LogP contribution is 2.36. The van der Waals surface area contributed by atoms with E-state index in [9.17, 15) is 19.2 Å². The standard InChI is InChI=1S/C20H25N5O6/c1-6-8-24-15-16(22-19(21-11(4)26)23-17(15)28)25(20(24)29)18-14(30-12(5)27)9-13(31-18)10(3)7-2/h1,10,13-14,18H,7-9H2,2-5H3,(H2,21,22,23,26,28)/t10-,13-,14+,18+/m0/s1. The fraction of sp³-hybridized carbons (Fsp3) is 0.550. The number of hydrogen-bond donors (Lipinski definition) is 2. The number of amides is 1. The van der Waals surface area contributed by atoms with Gasteiger partial charge in [0.15, 0.2) is 17.4 Å². The molecule has 0 aliphatic carbocycles. The summed E-state index contributed by atoms with van der Waals surface area (Å²) in [6.45, 7) is 6.37. The lowest BCUT2D eigenvalue weighted by atomic mass is 9.99. The number of esters is 1. The average molecular weight is 431 g/mol. The van der Waals surface area contributed by atoms with Gasteiger partial charge in [0.25, 0.3) is 5.56 Å². The molecule has 3 rings (SSSR count). The van der Waals surface area contributed by atoms with Gasteiger partial charge in [-0.15, -0.1) is 6.42 Å². The fourth-order valence-electron chi connectivity index (χ4n) is 3.72. The second-order valence-corrected chi connectivity index (χ2v) is 7.54. The molecule has 2 N–H and O–H groups in total. The number of hydrogen-bond acceptors (Lipinski definition) is 7. The van der Waals surface area contributed by atoms with Gasteiger partial charge in [0.2, 0.25) is 11.9 Å². The molecule has 1 saturated heterocycles. The van der Waals surface area contributed by atoms with Crippen LogP contribution in [0.5, 0.6) is 0 Å². The molecule has 0 unspecified atom stereocenters. The number of carbonyl (C=O) groups excluding carboxylic acids is 2. The van der Waals surface area contributed by atoms with E-state index < -0.39 is 35.5 Å². The summed E-state index contributed by atoms with van der Waals surface area (Å²) < 4.78 is 13.9. The highest BCUT2D eigenvalue weighted by Gasteiger charge is 2.43. The lowest BCUT2D eigenvalue weighted by molar-refractivity contribution is -0.152. The highest BCUT2D eigenvalue weighted by molar-refractivity contribution is 5.87. The first kappa shape index (κ1) is 22.3. The molecule has 1 fully saturated rings. The maximum absolute atomic E-state index is 13.3. The van der Waals surface area contributed by atoms with Crippen molar-refractivity contribution in [3.05, 3.63) is 20.8 Å². The molecule has 11 nitrogen and oxygen atoms in total. The number of nitrogens with one attached hydrogen (secondary N) is 2. The monoisotopic (exact) mass is 431 g/mol. The van der Waals surface area contributed by atoms with Crippen LogP contribution in [0.25, 0.3) is 11.2 Å². The SMILES string of the molecule is C#CCn1c(=O)n([C@@H]2O[C@H]([C@@H](C)CC)C[C@H]2OC(C)=O)c2nc(NC(C)=O)[nH]c(=O)c21. The number of nitrogens with zero attached hydrogens (tertiary/aromatic N) is 3. The summed E-state index contributed by atoms with van der Waals surface area (Å²) in [5.74, 6) is 1.39. The topological polar surface area (TPSA) is 137 Å². The number of carbonyl (C=O) groups is 2. The fourth-order valence-corrected chi connectivity index (χ4v) is 3.72. The van der Waals surface area contributed by atoms with E-state index in [0.29, 0.717) is 6.42 Å². The number of imidazole rings is 1. The van der Waals surface area contributed by atoms with Crippen LogP contribution in [0.4, 0.5) is 5.95 Å². The summed E-state index contributed by atoms with van der Waals surface area (Å²) in [5.41, 5.74) is -1.37. The largest absolute Gasteiger partial charge is 0.458 e. The highest BCUT2D eigenvalue weighted by atomic mass is 16.6. The Morgan fingerprint density at radius 2 is 2.13 bits per heavy atom. The van der Waals surface area contributed by atoms with E-state index in [1.54, 1.807) is 0 Å². The Morgan fingerprint density at radius 1 is 1.42 bits per heavy atom. The van der Waals surface area contributed by atoms with Crippen LogP contribution < -0.4 is 16.6 Å². The number of aromatic amines is 1. The zero-order chi connectivity index (χ0) is 22.9. The summed E-state index contributed by atoms with van der Waals surface area (Å²) in [6.07, 6.45) is 4.57. The third-order valence-corrected chi connectivity index (χ3v) is 5.30.